The molecule has 6 heteroatoms. The van der Waals surface area contributed by atoms with Gasteiger partial charge in [0.25, 0.3) is 0 Å². The zero-order valence-corrected chi connectivity index (χ0v) is 29.9. The third-order valence-corrected chi connectivity index (χ3v) is 9.87. The molecule has 5 nitrogen and oxygen atoms in total. The fourth-order valence-corrected chi connectivity index (χ4v) is 7.22. The van der Waals surface area contributed by atoms with Gasteiger partial charge in [-0.3, -0.25) is 4.98 Å². The summed E-state index contributed by atoms with van der Waals surface area (Å²) < 4.78 is 0. The van der Waals surface area contributed by atoms with Crippen LogP contribution in [0.5, 0.6) is 5.75 Å². The number of pyridine rings is 2. The Kier molecular flexibility index (Phi) is 8.52. The first-order chi connectivity index (χ1) is 21.5. The maximum absolute atomic E-state index is 10.6. The average Bonchev–Trinajstić information content (AvgIpc) is 3.03. The minimum atomic E-state index is -0.0177. The molecule has 1 saturated carbocycles. The molecule has 3 aromatic carbocycles. The van der Waals surface area contributed by atoms with Crippen molar-refractivity contribution < 1.29 is 26.2 Å². The topological polar surface area (TPSA) is 52.5 Å². The van der Waals surface area contributed by atoms with Gasteiger partial charge in [0.1, 0.15) is 17.1 Å². The predicted molar refractivity (Wildman–Crippen MR) is 186 cm³/mol. The Hall–Kier alpha value is -3.69. The van der Waals surface area contributed by atoms with Crippen molar-refractivity contribution in [3.05, 3.63) is 96.7 Å². The number of aromatic hydroxyl groups is 1. The van der Waals surface area contributed by atoms with Gasteiger partial charge in [-0.05, 0) is 95.4 Å². The molecule has 1 aliphatic heterocycles. The molecule has 0 spiro atoms. The Labute approximate surface area is 288 Å². The second-order valence-electron chi connectivity index (χ2n) is 14.9. The quantitative estimate of drug-likeness (QED) is 0.185. The van der Waals surface area contributed by atoms with Gasteiger partial charge < -0.3 is 14.9 Å². The molecule has 0 amide bonds. The summed E-state index contributed by atoms with van der Waals surface area (Å²) in [6.45, 7) is 13.9. The van der Waals surface area contributed by atoms with Crippen LogP contribution in [0.25, 0.3) is 22.2 Å². The number of benzene rings is 3. The molecule has 7 rings (SSSR count). The molecule has 0 saturated heterocycles. The first-order valence-electron chi connectivity index (χ1n) is 16.3. The van der Waals surface area contributed by atoms with E-state index < -0.39 is 0 Å². The molecular formula is C40H43N4OPt-. The number of para-hydroxylation sites is 3. The van der Waals surface area contributed by atoms with E-state index in [1.807, 2.05) is 30.5 Å². The summed E-state index contributed by atoms with van der Waals surface area (Å²) >= 11 is 0. The molecule has 3 heterocycles. The Morgan fingerprint density at radius 1 is 0.783 bits per heavy atom. The second-order valence-corrected chi connectivity index (χ2v) is 14.9. The number of hydrogen-bond donors (Lipinski definition) is 1. The first kappa shape index (κ1) is 32.3. The van der Waals surface area contributed by atoms with Crippen molar-refractivity contribution in [1.82, 2.24) is 9.97 Å². The molecule has 46 heavy (non-hydrogen) atoms. The smallest absolute Gasteiger partial charge is 0.140 e. The monoisotopic (exact) mass is 790 g/mol. The molecule has 240 valence electrons. The van der Waals surface area contributed by atoms with Crippen LogP contribution in [0, 0.1) is 17.4 Å². The van der Waals surface area contributed by atoms with Gasteiger partial charge >= 0.3 is 0 Å². The summed E-state index contributed by atoms with van der Waals surface area (Å²) in [5.41, 5.74) is 8.23. The fraction of sp³-hybridized carbons (Fsp3) is 0.350. The minimum absolute atomic E-state index is 0. The predicted octanol–water partition coefficient (Wildman–Crippen LogP) is 10.6. The number of fused-ring (bicyclic) bond motifs is 3. The Morgan fingerprint density at radius 2 is 1.52 bits per heavy atom. The maximum Gasteiger partial charge on any atom is 0.140 e. The second kappa shape index (κ2) is 12.2. The first-order valence-corrected chi connectivity index (χ1v) is 16.3. The molecule has 0 atom stereocenters. The van der Waals surface area contributed by atoms with Gasteiger partial charge in [0.2, 0.25) is 0 Å². The molecule has 2 aliphatic rings. The van der Waals surface area contributed by atoms with Crippen LogP contribution in [0.1, 0.15) is 72.8 Å². The number of nitrogens with zero attached hydrogens (tertiary/aromatic N) is 4. The summed E-state index contributed by atoms with van der Waals surface area (Å²) in [6.07, 6.45) is 6.69. The van der Waals surface area contributed by atoms with Gasteiger partial charge in [-0.25, -0.2) is 4.98 Å². The van der Waals surface area contributed by atoms with Crippen LogP contribution in [-0.4, -0.2) is 21.1 Å². The molecule has 1 fully saturated rings. The summed E-state index contributed by atoms with van der Waals surface area (Å²) in [7, 11) is 0. The van der Waals surface area contributed by atoms with Crippen molar-refractivity contribution in [2.45, 2.75) is 78.7 Å². The normalized spacial score (nSPS) is 18.1. The number of phenolic OH excluding ortho intramolecular Hbond substituents is 1. The maximum atomic E-state index is 10.6. The van der Waals surface area contributed by atoms with Crippen molar-refractivity contribution in [3.63, 3.8) is 0 Å². The van der Waals surface area contributed by atoms with Gasteiger partial charge in [-0.2, -0.15) is 0 Å². The molecule has 1 aliphatic carbocycles. The molecule has 0 unspecified atom stereocenters. The van der Waals surface area contributed by atoms with E-state index in [0.717, 1.165) is 58.3 Å². The third-order valence-electron chi connectivity index (χ3n) is 9.87. The van der Waals surface area contributed by atoms with Crippen molar-refractivity contribution in [2.75, 3.05) is 9.80 Å². The number of anilines is 5. The van der Waals surface area contributed by atoms with E-state index in [-0.39, 0.29) is 32.2 Å². The van der Waals surface area contributed by atoms with E-state index in [1.54, 1.807) is 6.07 Å². The molecular weight excluding hydrogens is 748 g/mol. The molecule has 1 N–H and O–H groups in total. The third kappa shape index (κ3) is 5.84. The summed E-state index contributed by atoms with van der Waals surface area (Å²) in [5.74, 6) is 1.80. The number of phenols is 1. The minimum Gasteiger partial charge on any atom is -0.506 e. The van der Waals surface area contributed by atoms with Crippen molar-refractivity contribution in [2.24, 2.45) is 11.3 Å². The number of aromatic nitrogens is 2. The summed E-state index contributed by atoms with van der Waals surface area (Å²) in [5, 5.41) is 11.5. The SMILES string of the molecule is CC(C)(C)c1ccnc(N2c3[c-]c(-c4ccc5cccc(O)c5n4)ccc3N(C3CCC(C(C)(C)C)CC3)c3ccccc32)c1.[Pt]. The van der Waals surface area contributed by atoms with Gasteiger partial charge in [-0.15, -0.1) is 23.8 Å². The van der Waals surface area contributed by atoms with Crippen molar-refractivity contribution in [3.8, 4) is 17.0 Å². The van der Waals surface area contributed by atoms with E-state index >= 15 is 0 Å². The standard InChI is InChI=1S/C40H43N4O.Pt/c1-39(2,3)28-16-18-30(19-17-28)43-32-11-7-8-12-33(32)44(37-25-29(22-23-41-37)40(4,5)6)35-24-27(15-21-34(35)43)31-20-14-26-10-9-13-36(45)38(26)42-31;/h7-15,20-23,25,28,30,45H,16-19H2,1-6H3;/q-1;. The van der Waals surface area contributed by atoms with Crippen LogP contribution in [-0.2, 0) is 26.5 Å². The van der Waals surface area contributed by atoms with E-state index in [4.69, 9.17) is 9.97 Å². The average molecular weight is 791 g/mol. The molecule has 2 aromatic heterocycles. The molecule has 0 bridgehead atoms. The van der Waals surface area contributed by atoms with Crippen LogP contribution in [0.4, 0.5) is 28.6 Å². The van der Waals surface area contributed by atoms with Crippen LogP contribution in [0.3, 0.4) is 0 Å². The number of rotatable bonds is 3. The van der Waals surface area contributed by atoms with Crippen LogP contribution in [0.2, 0.25) is 0 Å². The molecule has 5 aromatic rings. The van der Waals surface area contributed by atoms with Gasteiger partial charge in [0.15, 0.2) is 0 Å². The van der Waals surface area contributed by atoms with Crippen molar-refractivity contribution >= 4 is 39.5 Å². The van der Waals surface area contributed by atoms with Crippen LogP contribution >= 0.6 is 0 Å². The van der Waals surface area contributed by atoms with Gasteiger partial charge in [0.05, 0.1) is 11.4 Å². The van der Waals surface area contributed by atoms with Crippen molar-refractivity contribution in [1.29, 1.82) is 0 Å². The van der Waals surface area contributed by atoms with E-state index in [9.17, 15) is 5.11 Å². The fourth-order valence-electron chi connectivity index (χ4n) is 7.22. The Bertz CT molecular complexity index is 1880. The molecule has 0 radical (unpaired) electrons. The van der Waals surface area contributed by atoms with Crippen LogP contribution in [0.15, 0.2) is 85.1 Å². The van der Waals surface area contributed by atoms with Crippen LogP contribution < -0.4 is 9.80 Å². The van der Waals surface area contributed by atoms with E-state index in [0.29, 0.717) is 17.0 Å². The van der Waals surface area contributed by atoms with Gasteiger partial charge in [-0.1, -0.05) is 77.9 Å². The summed E-state index contributed by atoms with van der Waals surface area (Å²) in [6, 6.07) is 31.2. The summed E-state index contributed by atoms with van der Waals surface area (Å²) in [4.78, 5) is 14.7. The zero-order chi connectivity index (χ0) is 31.5. The zero-order valence-electron chi connectivity index (χ0n) is 27.6. The van der Waals surface area contributed by atoms with E-state index in [1.165, 1.54) is 24.1 Å². The largest absolute Gasteiger partial charge is 0.506 e. The number of hydrogen-bond acceptors (Lipinski definition) is 5. The van der Waals surface area contributed by atoms with E-state index in [2.05, 4.69) is 106 Å². The Morgan fingerprint density at radius 3 is 2.24 bits per heavy atom. The van der Waals surface area contributed by atoms with Gasteiger partial charge in [0, 0.05) is 38.7 Å². The Balaban J connectivity index is 0.00000372.